The Morgan fingerprint density at radius 1 is 1.00 bits per heavy atom. The van der Waals surface area contributed by atoms with Crippen molar-refractivity contribution < 1.29 is 33.0 Å². The van der Waals surface area contributed by atoms with Crippen molar-refractivity contribution in [1.29, 1.82) is 0 Å². The predicted molar refractivity (Wildman–Crippen MR) is 114 cm³/mol. The molecule has 2 amide bonds. The number of benzene rings is 1. The van der Waals surface area contributed by atoms with E-state index in [1.54, 1.807) is 12.1 Å². The molecule has 0 radical (unpaired) electrons. The number of rotatable bonds is 8. The van der Waals surface area contributed by atoms with Crippen molar-refractivity contribution in [3.63, 3.8) is 0 Å². The minimum atomic E-state index is -1.34. The first-order valence-electron chi connectivity index (χ1n) is 9.95. The highest BCUT2D eigenvalue weighted by Crippen LogP contribution is 2.30. The molecule has 0 aliphatic heterocycles. The number of hydrogen-bond donors (Lipinski definition) is 3. The molecule has 11 heteroatoms. The SMILES string of the molecule is O=C(NCCNC(=O)c1ccc(OC2CCC(C(=O)O)CC2)c(F)c1F)c1ccc(Cl)s1. The van der Waals surface area contributed by atoms with E-state index in [9.17, 15) is 23.2 Å². The molecule has 0 saturated heterocycles. The van der Waals surface area contributed by atoms with Crippen LogP contribution in [0.5, 0.6) is 5.75 Å². The second kappa shape index (κ2) is 10.7. The number of aliphatic carboxylic acids is 1. The van der Waals surface area contributed by atoms with Crippen LogP contribution in [0.2, 0.25) is 4.34 Å². The summed E-state index contributed by atoms with van der Waals surface area (Å²) in [7, 11) is 0. The van der Waals surface area contributed by atoms with Gasteiger partial charge in [0.15, 0.2) is 11.6 Å². The largest absolute Gasteiger partial charge is 0.487 e. The van der Waals surface area contributed by atoms with Gasteiger partial charge in [0.2, 0.25) is 5.82 Å². The lowest BCUT2D eigenvalue weighted by molar-refractivity contribution is -0.143. The zero-order valence-electron chi connectivity index (χ0n) is 16.8. The van der Waals surface area contributed by atoms with Crippen LogP contribution in [0.15, 0.2) is 24.3 Å². The summed E-state index contributed by atoms with van der Waals surface area (Å²) < 4.78 is 34.8. The highest BCUT2D eigenvalue weighted by Gasteiger charge is 2.28. The summed E-state index contributed by atoms with van der Waals surface area (Å²) in [5.74, 6) is -5.44. The van der Waals surface area contributed by atoms with Gasteiger partial charge in [0, 0.05) is 13.1 Å². The predicted octanol–water partition coefficient (Wildman–Crippen LogP) is 3.86. The van der Waals surface area contributed by atoms with Crippen LogP contribution in [0, 0.1) is 17.6 Å². The third kappa shape index (κ3) is 5.95. The quantitative estimate of drug-likeness (QED) is 0.491. The standard InChI is InChI=1S/C21H21ClF2N2O5S/c22-16-8-7-15(32-16)20(28)26-10-9-25-19(27)13-5-6-14(18(24)17(13)23)31-12-3-1-11(2-4-12)21(29)30/h5-8,11-12H,1-4,9-10H2,(H,25,27)(H,26,28)(H,29,30). The summed E-state index contributed by atoms with van der Waals surface area (Å²) in [5.41, 5.74) is -0.485. The summed E-state index contributed by atoms with van der Waals surface area (Å²) in [4.78, 5) is 35.5. The van der Waals surface area contributed by atoms with E-state index in [0.717, 1.165) is 17.4 Å². The van der Waals surface area contributed by atoms with Gasteiger partial charge in [-0.05, 0) is 49.9 Å². The van der Waals surface area contributed by atoms with Crippen molar-refractivity contribution in [1.82, 2.24) is 10.6 Å². The van der Waals surface area contributed by atoms with Gasteiger partial charge >= 0.3 is 5.97 Å². The first kappa shape index (κ1) is 23.9. The molecular formula is C21H21ClF2N2O5S. The van der Waals surface area contributed by atoms with Crippen LogP contribution in [-0.2, 0) is 4.79 Å². The molecule has 0 atom stereocenters. The number of carbonyl (C=O) groups excluding carboxylic acids is 2. The van der Waals surface area contributed by atoms with Gasteiger partial charge in [0.05, 0.1) is 26.8 Å². The van der Waals surface area contributed by atoms with E-state index in [1.165, 1.54) is 6.07 Å². The molecule has 3 rings (SSSR count). The molecule has 0 bridgehead atoms. The molecule has 1 saturated carbocycles. The normalized spacial score (nSPS) is 18.1. The zero-order chi connectivity index (χ0) is 23.3. The number of halogens is 3. The molecule has 2 aromatic rings. The Bertz CT molecular complexity index is 1010. The van der Waals surface area contributed by atoms with Crippen molar-refractivity contribution in [2.45, 2.75) is 31.8 Å². The van der Waals surface area contributed by atoms with Crippen LogP contribution >= 0.6 is 22.9 Å². The molecule has 0 spiro atoms. The van der Waals surface area contributed by atoms with Gasteiger partial charge < -0.3 is 20.5 Å². The fourth-order valence-corrected chi connectivity index (χ4v) is 4.34. The Labute approximate surface area is 191 Å². The van der Waals surface area contributed by atoms with E-state index in [1.807, 2.05) is 0 Å². The van der Waals surface area contributed by atoms with Gasteiger partial charge in [-0.15, -0.1) is 11.3 Å². The van der Waals surface area contributed by atoms with E-state index in [-0.39, 0.29) is 24.7 Å². The van der Waals surface area contributed by atoms with E-state index in [0.29, 0.717) is 34.9 Å². The third-order valence-electron chi connectivity index (χ3n) is 5.10. The van der Waals surface area contributed by atoms with Gasteiger partial charge in [0.25, 0.3) is 11.8 Å². The van der Waals surface area contributed by atoms with E-state index >= 15 is 0 Å². The number of hydrogen-bond acceptors (Lipinski definition) is 5. The summed E-state index contributed by atoms with van der Waals surface area (Å²) in [6.45, 7) is 0.0974. The summed E-state index contributed by atoms with van der Waals surface area (Å²) in [5, 5.41) is 14.0. The van der Waals surface area contributed by atoms with Crippen LogP contribution in [-0.4, -0.2) is 42.1 Å². The lowest BCUT2D eigenvalue weighted by atomic mass is 9.87. The van der Waals surface area contributed by atoms with E-state index < -0.39 is 41.1 Å². The second-order valence-electron chi connectivity index (χ2n) is 7.28. The molecule has 0 unspecified atom stereocenters. The van der Waals surface area contributed by atoms with E-state index in [2.05, 4.69) is 10.6 Å². The maximum Gasteiger partial charge on any atom is 0.306 e. The minimum absolute atomic E-state index is 0.00973. The first-order chi connectivity index (χ1) is 15.3. The van der Waals surface area contributed by atoms with Crippen molar-refractivity contribution in [3.8, 4) is 5.75 Å². The lowest BCUT2D eigenvalue weighted by Crippen LogP contribution is -2.34. The molecule has 1 aromatic heterocycles. The van der Waals surface area contributed by atoms with Crippen molar-refractivity contribution >= 4 is 40.7 Å². The molecule has 7 nitrogen and oxygen atoms in total. The molecule has 3 N–H and O–H groups in total. The zero-order valence-corrected chi connectivity index (χ0v) is 18.4. The molecule has 1 aliphatic carbocycles. The summed E-state index contributed by atoms with van der Waals surface area (Å²) in [6, 6.07) is 5.46. The molecule has 172 valence electrons. The Morgan fingerprint density at radius 3 is 2.25 bits per heavy atom. The third-order valence-corrected chi connectivity index (χ3v) is 6.33. The van der Waals surface area contributed by atoms with Gasteiger partial charge in [-0.1, -0.05) is 11.6 Å². The Kier molecular flexibility index (Phi) is 8.03. The average molecular weight is 487 g/mol. The molecular weight excluding hydrogens is 466 g/mol. The van der Waals surface area contributed by atoms with Crippen molar-refractivity contribution in [2.24, 2.45) is 5.92 Å². The molecule has 1 fully saturated rings. The van der Waals surface area contributed by atoms with Gasteiger partial charge in [-0.25, -0.2) is 4.39 Å². The molecule has 1 heterocycles. The second-order valence-corrected chi connectivity index (χ2v) is 9.00. The smallest absolute Gasteiger partial charge is 0.306 e. The summed E-state index contributed by atoms with van der Waals surface area (Å²) in [6.07, 6.45) is 1.23. The van der Waals surface area contributed by atoms with Crippen molar-refractivity contribution in [3.05, 3.63) is 50.7 Å². The molecule has 1 aliphatic rings. The Balaban J connectivity index is 1.50. The maximum absolute atomic E-state index is 14.4. The van der Waals surface area contributed by atoms with Crippen molar-refractivity contribution in [2.75, 3.05) is 13.1 Å². The number of nitrogens with one attached hydrogen (secondary N) is 2. The van der Waals surface area contributed by atoms with Crippen LogP contribution in [0.1, 0.15) is 45.7 Å². The number of amides is 2. The maximum atomic E-state index is 14.4. The molecule has 32 heavy (non-hydrogen) atoms. The lowest BCUT2D eigenvalue weighted by Gasteiger charge is -2.27. The van der Waals surface area contributed by atoms with E-state index in [4.69, 9.17) is 21.4 Å². The van der Waals surface area contributed by atoms with Crippen LogP contribution in [0.3, 0.4) is 0 Å². The van der Waals surface area contributed by atoms with Gasteiger partial charge in [0.1, 0.15) is 0 Å². The average Bonchev–Trinajstić information content (AvgIpc) is 3.21. The van der Waals surface area contributed by atoms with Crippen LogP contribution in [0.25, 0.3) is 0 Å². The number of carboxylic acids is 1. The van der Waals surface area contributed by atoms with Crippen LogP contribution in [0.4, 0.5) is 8.78 Å². The van der Waals surface area contributed by atoms with Gasteiger partial charge in [-0.2, -0.15) is 4.39 Å². The summed E-state index contributed by atoms with van der Waals surface area (Å²) >= 11 is 6.88. The highest BCUT2D eigenvalue weighted by atomic mass is 35.5. The first-order valence-corrected chi connectivity index (χ1v) is 11.1. The Morgan fingerprint density at radius 2 is 1.66 bits per heavy atom. The fraction of sp³-hybridized carbons (Fsp3) is 0.381. The monoisotopic (exact) mass is 486 g/mol. The Hall–Kier alpha value is -2.72. The fourth-order valence-electron chi connectivity index (χ4n) is 3.38. The van der Waals surface area contributed by atoms with Gasteiger partial charge in [-0.3, -0.25) is 14.4 Å². The highest BCUT2D eigenvalue weighted by molar-refractivity contribution is 7.17. The number of thiophene rings is 1. The number of carboxylic acid groups (broad SMARTS) is 1. The minimum Gasteiger partial charge on any atom is -0.487 e. The van der Waals surface area contributed by atoms with Crippen LogP contribution < -0.4 is 15.4 Å². The molecule has 1 aromatic carbocycles. The number of carbonyl (C=O) groups is 3. The number of ether oxygens (including phenoxy) is 1. The topological polar surface area (TPSA) is 105 Å².